The predicted octanol–water partition coefficient (Wildman–Crippen LogP) is 13.1. The molecule has 0 amide bonds. The Morgan fingerprint density at radius 2 is 0.941 bits per heavy atom. The SMILES string of the molecule is c1ccc(-c2cccc3c2c2cc(-c4ccc5c(c4)c4ccccc4n5-c4cccc5oc6ccccc6c45)ccc2n3-c2ccccc2)cc1. The van der Waals surface area contributed by atoms with Crippen LogP contribution in [-0.4, -0.2) is 9.13 Å². The van der Waals surface area contributed by atoms with Crippen LogP contribution in [0.15, 0.2) is 186 Å². The zero-order valence-electron chi connectivity index (χ0n) is 27.6. The molecule has 0 unspecified atom stereocenters. The van der Waals surface area contributed by atoms with E-state index < -0.39 is 0 Å². The summed E-state index contributed by atoms with van der Waals surface area (Å²) in [5, 5.41) is 7.23. The molecule has 0 aliphatic heterocycles. The van der Waals surface area contributed by atoms with Crippen LogP contribution in [0, 0.1) is 0 Å². The molecule has 51 heavy (non-hydrogen) atoms. The van der Waals surface area contributed by atoms with Crippen LogP contribution in [0.5, 0.6) is 0 Å². The van der Waals surface area contributed by atoms with Gasteiger partial charge in [-0.05, 0) is 89.0 Å². The zero-order chi connectivity index (χ0) is 33.5. The van der Waals surface area contributed by atoms with E-state index in [-0.39, 0.29) is 0 Å². The molecule has 0 bridgehead atoms. The van der Waals surface area contributed by atoms with E-state index >= 15 is 0 Å². The lowest BCUT2D eigenvalue weighted by atomic mass is 9.97. The second-order valence-electron chi connectivity index (χ2n) is 13.3. The third-order valence-corrected chi connectivity index (χ3v) is 10.5. The fraction of sp³-hybridized carbons (Fsp3) is 0. The Hall–Kier alpha value is -6.84. The van der Waals surface area contributed by atoms with Gasteiger partial charge in [0.15, 0.2) is 0 Å². The maximum absolute atomic E-state index is 6.31. The molecule has 0 radical (unpaired) electrons. The van der Waals surface area contributed by atoms with Crippen molar-refractivity contribution in [2.45, 2.75) is 0 Å². The van der Waals surface area contributed by atoms with E-state index in [1.807, 2.05) is 12.1 Å². The summed E-state index contributed by atoms with van der Waals surface area (Å²) in [6.45, 7) is 0. The van der Waals surface area contributed by atoms with Gasteiger partial charge in [-0.25, -0.2) is 0 Å². The average molecular weight is 651 g/mol. The molecule has 0 fully saturated rings. The van der Waals surface area contributed by atoms with Crippen molar-refractivity contribution < 1.29 is 4.42 Å². The topological polar surface area (TPSA) is 23.0 Å². The van der Waals surface area contributed by atoms with Crippen molar-refractivity contribution in [1.82, 2.24) is 9.13 Å². The van der Waals surface area contributed by atoms with Crippen LogP contribution in [0.25, 0.3) is 99.2 Å². The molecule has 3 heteroatoms. The van der Waals surface area contributed by atoms with Crippen molar-refractivity contribution >= 4 is 65.6 Å². The normalized spacial score (nSPS) is 11.9. The second-order valence-corrected chi connectivity index (χ2v) is 13.3. The molecule has 3 heterocycles. The van der Waals surface area contributed by atoms with Crippen LogP contribution >= 0.6 is 0 Å². The smallest absolute Gasteiger partial charge is 0.137 e. The van der Waals surface area contributed by atoms with Crippen molar-refractivity contribution in [3.05, 3.63) is 182 Å². The number of para-hydroxylation sites is 3. The summed E-state index contributed by atoms with van der Waals surface area (Å²) in [6, 6.07) is 65.5. The fourth-order valence-electron chi connectivity index (χ4n) is 8.32. The highest BCUT2D eigenvalue weighted by Crippen LogP contribution is 2.42. The number of benzene rings is 8. The summed E-state index contributed by atoms with van der Waals surface area (Å²) < 4.78 is 11.1. The van der Waals surface area contributed by atoms with E-state index in [4.69, 9.17) is 4.42 Å². The van der Waals surface area contributed by atoms with Gasteiger partial charge in [0.2, 0.25) is 0 Å². The lowest BCUT2D eigenvalue weighted by molar-refractivity contribution is 0.669. The Morgan fingerprint density at radius 1 is 0.333 bits per heavy atom. The Bertz CT molecular complexity index is 3130. The Balaban J connectivity index is 1.16. The largest absolute Gasteiger partial charge is 0.456 e. The number of hydrogen-bond donors (Lipinski definition) is 0. The van der Waals surface area contributed by atoms with Gasteiger partial charge in [-0.1, -0.05) is 115 Å². The molecule has 0 spiro atoms. The van der Waals surface area contributed by atoms with Crippen LogP contribution in [0.4, 0.5) is 0 Å². The summed E-state index contributed by atoms with van der Waals surface area (Å²) in [5.74, 6) is 0. The van der Waals surface area contributed by atoms with Gasteiger partial charge in [0.25, 0.3) is 0 Å². The lowest BCUT2D eigenvalue weighted by Crippen LogP contribution is -1.94. The minimum absolute atomic E-state index is 0.897. The fourth-order valence-corrected chi connectivity index (χ4v) is 8.32. The molecule has 11 aromatic rings. The van der Waals surface area contributed by atoms with Gasteiger partial charge in [-0.2, -0.15) is 0 Å². The van der Waals surface area contributed by atoms with E-state index in [9.17, 15) is 0 Å². The third-order valence-electron chi connectivity index (χ3n) is 10.5. The van der Waals surface area contributed by atoms with E-state index in [2.05, 4.69) is 179 Å². The summed E-state index contributed by atoms with van der Waals surface area (Å²) in [5.41, 5.74) is 13.7. The van der Waals surface area contributed by atoms with Crippen molar-refractivity contribution in [2.24, 2.45) is 0 Å². The highest BCUT2D eigenvalue weighted by molar-refractivity contribution is 6.18. The van der Waals surface area contributed by atoms with Crippen LogP contribution in [0.3, 0.4) is 0 Å². The average Bonchev–Trinajstić information content (AvgIpc) is 3.86. The minimum Gasteiger partial charge on any atom is -0.456 e. The Morgan fingerprint density at radius 3 is 1.76 bits per heavy atom. The van der Waals surface area contributed by atoms with Gasteiger partial charge < -0.3 is 13.6 Å². The van der Waals surface area contributed by atoms with E-state index in [0.29, 0.717) is 0 Å². The quantitative estimate of drug-likeness (QED) is 0.186. The zero-order valence-corrected chi connectivity index (χ0v) is 27.6. The van der Waals surface area contributed by atoms with Crippen LogP contribution in [0.1, 0.15) is 0 Å². The molecule has 3 nitrogen and oxygen atoms in total. The standard InChI is InChI=1S/C48H30N2O/c1-3-13-31(14-4-1)35-19-11-21-43-47(35)39-30-33(26-28-42(39)49(43)34-15-5-2-6-16-34)32-25-27-41-38(29-32)36-17-7-9-20-40(36)50(41)44-22-12-24-46-48(44)37-18-8-10-23-45(37)51-46/h1-30H. The molecule has 0 atom stereocenters. The first-order chi connectivity index (χ1) is 25.3. The Kier molecular flexibility index (Phi) is 5.96. The molecule has 0 saturated heterocycles. The number of fused-ring (bicyclic) bond motifs is 9. The van der Waals surface area contributed by atoms with Gasteiger partial charge in [0.1, 0.15) is 11.2 Å². The van der Waals surface area contributed by atoms with Crippen LogP contribution < -0.4 is 0 Å². The second kappa shape index (κ2) is 10.8. The van der Waals surface area contributed by atoms with Gasteiger partial charge in [-0.15, -0.1) is 0 Å². The van der Waals surface area contributed by atoms with Gasteiger partial charge in [-0.3, -0.25) is 0 Å². The van der Waals surface area contributed by atoms with Crippen molar-refractivity contribution in [3.63, 3.8) is 0 Å². The molecular formula is C48H30N2O. The lowest BCUT2D eigenvalue weighted by Gasteiger charge is -2.10. The maximum atomic E-state index is 6.31. The molecular weight excluding hydrogens is 621 g/mol. The number of furan rings is 1. The monoisotopic (exact) mass is 650 g/mol. The first-order valence-electron chi connectivity index (χ1n) is 17.4. The molecule has 3 aromatic heterocycles. The maximum Gasteiger partial charge on any atom is 0.137 e. The van der Waals surface area contributed by atoms with Crippen molar-refractivity contribution in [2.75, 3.05) is 0 Å². The van der Waals surface area contributed by atoms with E-state index in [1.165, 1.54) is 65.9 Å². The molecule has 8 aromatic carbocycles. The summed E-state index contributed by atoms with van der Waals surface area (Å²) in [4.78, 5) is 0. The van der Waals surface area contributed by atoms with Gasteiger partial charge in [0.05, 0.1) is 33.1 Å². The molecule has 0 saturated carbocycles. The number of rotatable bonds is 4. The van der Waals surface area contributed by atoms with Crippen LogP contribution in [0.2, 0.25) is 0 Å². The van der Waals surface area contributed by atoms with Gasteiger partial charge in [0, 0.05) is 32.6 Å². The van der Waals surface area contributed by atoms with Gasteiger partial charge >= 0.3 is 0 Å². The van der Waals surface area contributed by atoms with Crippen molar-refractivity contribution in [3.8, 4) is 33.6 Å². The first-order valence-corrected chi connectivity index (χ1v) is 17.4. The molecule has 11 rings (SSSR count). The number of nitrogens with zero attached hydrogens (tertiary/aromatic N) is 2. The molecule has 238 valence electrons. The minimum atomic E-state index is 0.897. The predicted molar refractivity (Wildman–Crippen MR) is 213 cm³/mol. The molecule has 0 aliphatic carbocycles. The summed E-state index contributed by atoms with van der Waals surface area (Å²) in [6.07, 6.45) is 0. The van der Waals surface area contributed by atoms with Crippen LogP contribution in [-0.2, 0) is 0 Å². The van der Waals surface area contributed by atoms with E-state index in [0.717, 1.165) is 33.3 Å². The highest BCUT2D eigenvalue weighted by atomic mass is 16.3. The molecule has 0 N–H and O–H groups in total. The third kappa shape index (κ3) is 4.12. The summed E-state index contributed by atoms with van der Waals surface area (Å²) in [7, 11) is 0. The summed E-state index contributed by atoms with van der Waals surface area (Å²) >= 11 is 0. The number of aromatic nitrogens is 2. The molecule has 0 aliphatic rings. The Labute approximate surface area is 293 Å². The number of hydrogen-bond acceptors (Lipinski definition) is 1. The first kappa shape index (κ1) is 28.0. The highest BCUT2D eigenvalue weighted by Gasteiger charge is 2.20. The van der Waals surface area contributed by atoms with Crippen molar-refractivity contribution in [1.29, 1.82) is 0 Å². The van der Waals surface area contributed by atoms with E-state index in [1.54, 1.807) is 0 Å².